The maximum Gasteiger partial charge on any atom is 0.238 e. The van der Waals surface area contributed by atoms with Gasteiger partial charge in [-0.3, -0.25) is 19.3 Å². The number of aryl methyl sites for hydroxylation is 1. The molecule has 1 fully saturated rings. The number of carbonyl (C=O) groups excluding carboxylic acids is 1. The van der Waals surface area contributed by atoms with Crippen LogP contribution in [0.2, 0.25) is 5.02 Å². The van der Waals surface area contributed by atoms with E-state index in [2.05, 4.69) is 26.3 Å². The van der Waals surface area contributed by atoms with Gasteiger partial charge in [-0.1, -0.05) is 29.8 Å². The molecule has 1 amide bonds. The highest BCUT2D eigenvalue weighted by molar-refractivity contribution is 6.31. The van der Waals surface area contributed by atoms with Crippen molar-refractivity contribution in [1.29, 1.82) is 0 Å². The van der Waals surface area contributed by atoms with Crippen molar-refractivity contribution >= 4 is 23.2 Å². The molecule has 0 radical (unpaired) electrons. The van der Waals surface area contributed by atoms with Crippen molar-refractivity contribution < 1.29 is 4.79 Å². The SMILES string of the molecule is Cc1c(NC(=O)CN2CCN(Cc3ccccc3Cl)CC2)cnn1C. The minimum absolute atomic E-state index is 0.00986. The highest BCUT2D eigenvalue weighted by atomic mass is 35.5. The topological polar surface area (TPSA) is 53.4 Å². The van der Waals surface area contributed by atoms with E-state index in [4.69, 9.17) is 11.6 Å². The van der Waals surface area contributed by atoms with Crippen LogP contribution in [0.25, 0.3) is 0 Å². The third-order valence-corrected chi connectivity index (χ3v) is 5.06. The van der Waals surface area contributed by atoms with Crippen LogP contribution in [0.1, 0.15) is 11.3 Å². The van der Waals surface area contributed by atoms with Crippen LogP contribution in [-0.4, -0.2) is 58.2 Å². The fraction of sp³-hybridized carbons (Fsp3) is 0.444. The number of aromatic nitrogens is 2. The first-order chi connectivity index (χ1) is 12.0. The Bertz CT molecular complexity index is 737. The molecule has 134 valence electrons. The first kappa shape index (κ1) is 17.9. The third-order valence-electron chi connectivity index (χ3n) is 4.69. The normalized spacial score (nSPS) is 16.1. The maximum absolute atomic E-state index is 12.2. The van der Waals surface area contributed by atoms with Gasteiger partial charge in [-0.15, -0.1) is 0 Å². The first-order valence-electron chi connectivity index (χ1n) is 8.49. The second-order valence-corrected chi connectivity index (χ2v) is 6.87. The number of amides is 1. The van der Waals surface area contributed by atoms with Gasteiger partial charge in [0.15, 0.2) is 0 Å². The summed E-state index contributed by atoms with van der Waals surface area (Å²) in [5.41, 5.74) is 2.89. The second-order valence-electron chi connectivity index (χ2n) is 6.46. The van der Waals surface area contributed by atoms with Crippen LogP contribution < -0.4 is 5.32 Å². The van der Waals surface area contributed by atoms with Crippen LogP contribution in [0.15, 0.2) is 30.5 Å². The molecule has 1 aromatic heterocycles. The van der Waals surface area contributed by atoms with Gasteiger partial charge in [0.25, 0.3) is 0 Å². The van der Waals surface area contributed by atoms with Crippen LogP contribution in [0.3, 0.4) is 0 Å². The molecular formula is C18H24ClN5O. The summed E-state index contributed by atoms with van der Waals surface area (Å²) >= 11 is 6.24. The summed E-state index contributed by atoms with van der Waals surface area (Å²) < 4.78 is 1.75. The molecule has 6 nitrogen and oxygen atoms in total. The third kappa shape index (κ3) is 4.60. The average Bonchev–Trinajstić information content (AvgIpc) is 2.91. The lowest BCUT2D eigenvalue weighted by Crippen LogP contribution is -2.48. The summed E-state index contributed by atoms with van der Waals surface area (Å²) in [6, 6.07) is 7.96. The summed E-state index contributed by atoms with van der Waals surface area (Å²) in [5.74, 6) is 0.00986. The predicted octanol–water partition coefficient (Wildman–Crippen LogP) is 2.14. The number of rotatable bonds is 5. The molecule has 0 bridgehead atoms. The molecular weight excluding hydrogens is 338 g/mol. The molecule has 2 heterocycles. The fourth-order valence-corrected chi connectivity index (χ4v) is 3.18. The number of hydrogen-bond acceptors (Lipinski definition) is 4. The molecule has 2 aromatic rings. The summed E-state index contributed by atoms with van der Waals surface area (Å²) in [7, 11) is 1.86. The van der Waals surface area contributed by atoms with Crippen LogP contribution in [0.4, 0.5) is 5.69 Å². The van der Waals surface area contributed by atoms with Gasteiger partial charge in [-0.25, -0.2) is 0 Å². The largest absolute Gasteiger partial charge is 0.322 e. The Labute approximate surface area is 153 Å². The van der Waals surface area contributed by atoms with E-state index in [1.807, 2.05) is 32.2 Å². The standard InChI is InChI=1S/C18H24ClN5O/c1-14-17(11-20-22(14)2)21-18(25)13-24-9-7-23(8-10-24)12-15-5-3-4-6-16(15)19/h3-6,11H,7-10,12-13H2,1-2H3,(H,21,25). The monoisotopic (exact) mass is 361 g/mol. The van der Waals surface area contributed by atoms with Crippen LogP contribution >= 0.6 is 11.6 Å². The number of piperazine rings is 1. The van der Waals surface area contributed by atoms with E-state index < -0.39 is 0 Å². The Hall–Kier alpha value is -1.89. The molecule has 0 aliphatic carbocycles. The molecule has 1 aliphatic rings. The lowest BCUT2D eigenvalue weighted by molar-refractivity contribution is -0.117. The van der Waals surface area contributed by atoms with Crippen molar-refractivity contribution in [3.05, 3.63) is 46.7 Å². The van der Waals surface area contributed by atoms with E-state index in [-0.39, 0.29) is 5.91 Å². The van der Waals surface area contributed by atoms with Crippen LogP contribution in [0, 0.1) is 6.92 Å². The minimum Gasteiger partial charge on any atom is -0.322 e. The number of halogens is 1. The minimum atomic E-state index is 0.00986. The van der Waals surface area contributed by atoms with E-state index in [1.54, 1.807) is 10.9 Å². The Balaban J connectivity index is 1.45. The molecule has 1 saturated heterocycles. The maximum atomic E-state index is 12.2. The number of hydrogen-bond donors (Lipinski definition) is 1. The number of carbonyl (C=O) groups is 1. The Morgan fingerprint density at radius 3 is 2.52 bits per heavy atom. The molecule has 0 saturated carbocycles. The lowest BCUT2D eigenvalue weighted by Gasteiger charge is -2.34. The first-order valence-corrected chi connectivity index (χ1v) is 8.87. The number of nitrogens with one attached hydrogen (secondary N) is 1. The van der Waals surface area contributed by atoms with Gasteiger partial charge in [0.2, 0.25) is 5.91 Å². The quantitative estimate of drug-likeness (QED) is 0.886. The van der Waals surface area contributed by atoms with Gasteiger partial charge < -0.3 is 5.32 Å². The number of anilines is 1. The van der Waals surface area contributed by atoms with Crippen molar-refractivity contribution in [2.45, 2.75) is 13.5 Å². The Kier molecular flexibility index (Phi) is 5.73. The van der Waals surface area contributed by atoms with E-state index in [0.29, 0.717) is 6.54 Å². The second kappa shape index (κ2) is 7.99. The fourth-order valence-electron chi connectivity index (χ4n) is 2.99. The highest BCUT2D eigenvalue weighted by Crippen LogP contribution is 2.18. The van der Waals surface area contributed by atoms with Gasteiger partial charge in [-0.2, -0.15) is 5.10 Å². The van der Waals surface area contributed by atoms with E-state index in [9.17, 15) is 4.79 Å². The molecule has 0 spiro atoms. The van der Waals surface area contributed by atoms with Crippen molar-refractivity contribution in [1.82, 2.24) is 19.6 Å². The summed E-state index contributed by atoms with van der Waals surface area (Å²) in [5, 5.41) is 7.90. The number of nitrogens with zero attached hydrogens (tertiary/aromatic N) is 4. The zero-order chi connectivity index (χ0) is 17.8. The smallest absolute Gasteiger partial charge is 0.238 e. The average molecular weight is 362 g/mol. The van der Waals surface area contributed by atoms with E-state index >= 15 is 0 Å². The molecule has 25 heavy (non-hydrogen) atoms. The van der Waals surface area contributed by atoms with Gasteiger partial charge in [0.1, 0.15) is 0 Å². The lowest BCUT2D eigenvalue weighted by atomic mass is 10.2. The zero-order valence-corrected chi connectivity index (χ0v) is 15.5. The van der Waals surface area contributed by atoms with Crippen molar-refractivity contribution in [2.75, 3.05) is 38.0 Å². The Morgan fingerprint density at radius 1 is 1.20 bits per heavy atom. The molecule has 0 atom stereocenters. The molecule has 3 rings (SSSR count). The van der Waals surface area contributed by atoms with Crippen molar-refractivity contribution in [3.63, 3.8) is 0 Å². The molecule has 1 aliphatic heterocycles. The van der Waals surface area contributed by atoms with Gasteiger partial charge in [0, 0.05) is 44.8 Å². The van der Waals surface area contributed by atoms with Crippen LogP contribution in [0.5, 0.6) is 0 Å². The van der Waals surface area contributed by atoms with Crippen molar-refractivity contribution in [2.24, 2.45) is 7.05 Å². The predicted molar refractivity (Wildman–Crippen MR) is 99.7 cm³/mol. The molecule has 0 unspecified atom stereocenters. The van der Waals surface area contributed by atoms with E-state index in [1.165, 1.54) is 0 Å². The zero-order valence-electron chi connectivity index (χ0n) is 14.7. The molecule has 1 N–H and O–H groups in total. The van der Waals surface area contributed by atoms with Gasteiger partial charge >= 0.3 is 0 Å². The van der Waals surface area contributed by atoms with E-state index in [0.717, 1.165) is 54.7 Å². The molecule has 7 heteroatoms. The highest BCUT2D eigenvalue weighted by Gasteiger charge is 2.20. The summed E-state index contributed by atoms with van der Waals surface area (Å²) in [6.07, 6.45) is 1.69. The summed E-state index contributed by atoms with van der Waals surface area (Å²) in [4.78, 5) is 16.8. The van der Waals surface area contributed by atoms with Gasteiger partial charge in [0.05, 0.1) is 24.1 Å². The number of benzene rings is 1. The molecule has 1 aromatic carbocycles. The van der Waals surface area contributed by atoms with Crippen molar-refractivity contribution in [3.8, 4) is 0 Å². The van der Waals surface area contributed by atoms with Crippen LogP contribution in [-0.2, 0) is 18.4 Å². The summed E-state index contributed by atoms with van der Waals surface area (Å²) in [6.45, 7) is 6.83. The Morgan fingerprint density at radius 2 is 1.88 bits per heavy atom. The van der Waals surface area contributed by atoms with Gasteiger partial charge in [-0.05, 0) is 18.6 Å².